The summed E-state index contributed by atoms with van der Waals surface area (Å²) in [6, 6.07) is 1.12. The van der Waals surface area contributed by atoms with E-state index in [0.29, 0.717) is 6.42 Å². The Morgan fingerprint density at radius 2 is 2.07 bits per heavy atom. The standard InChI is InChI=1S/C18H29N3O5S/c1-12-6-5-7-15(21-17(22)25-18(2,3)4)13(12)11-27(23,24)26-16-8-9-20-10-14(16)19/h8-10,12-13,15H,5-7,11,19H2,1-4H3,(H,21,22). The van der Waals surface area contributed by atoms with Crippen LogP contribution in [0.25, 0.3) is 0 Å². The van der Waals surface area contributed by atoms with E-state index in [1.54, 1.807) is 20.8 Å². The normalized spacial score (nSPS) is 23.5. The first-order valence-corrected chi connectivity index (χ1v) is 10.7. The molecule has 1 aromatic heterocycles. The molecular formula is C18H29N3O5S. The van der Waals surface area contributed by atoms with Gasteiger partial charge < -0.3 is 20.0 Å². The minimum atomic E-state index is -3.89. The highest BCUT2D eigenvalue weighted by molar-refractivity contribution is 7.87. The van der Waals surface area contributed by atoms with Crippen LogP contribution in [0.2, 0.25) is 0 Å². The van der Waals surface area contributed by atoms with Gasteiger partial charge in [0.1, 0.15) is 5.60 Å². The molecule has 1 saturated carbocycles. The SMILES string of the molecule is CC1CCCC(NC(=O)OC(C)(C)C)C1CS(=O)(=O)Oc1ccncc1N. The Hall–Kier alpha value is -2.03. The number of alkyl carbamates (subject to hydrolysis) is 1. The first kappa shape index (κ1) is 21.3. The summed E-state index contributed by atoms with van der Waals surface area (Å²) in [5.74, 6) is -0.313. The average molecular weight is 400 g/mol. The maximum absolute atomic E-state index is 12.6. The molecule has 0 radical (unpaired) electrons. The number of hydrogen-bond donors (Lipinski definition) is 2. The Balaban J connectivity index is 2.09. The van der Waals surface area contributed by atoms with E-state index in [-0.39, 0.29) is 35.1 Å². The molecule has 0 saturated heterocycles. The van der Waals surface area contributed by atoms with E-state index in [4.69, 9.17) is 14.7 Å². The van der Waals surface area contributed by atoms with Gasteiger partial charge in [0.15, 0.2) is 5.75 Å². The van der Waals surface area contributed by atoms with Gasteiger partial charge in [-0.05, 0) is 39.0 Å². The van der Waals surface area contributed by atoms with E-state index in [1.165, 1.54) is 18.5 Å². The number of pyridine rings is 1. The van der Waals surface area contributed by atoms with Crippen molar-refractivity contribution in [3.05, 3.63) is 18.5 Å². The van der Waals surface area contributed by atoms with Gasteiger partial charge in [0.05, 0.1) is 17.6 Å². The molecule has 2 rings (SSSR count). The zero-order valence-corrected chi connectivity index (χ0v) is 17.1. The largest absolute Gasteiger partial charge is 0.444 e. The second kappa shape index (κ2) is 8.33. The quantitative estimate of drug-likeness (QED) is 0.730. The number of nitrogens with zero attached hydrogens (tertiary/aromatic N) is 1. The third-order valence-electron chi connectivity index (χ3n) is 4.55. The van der Waals surface area contributed by atoms with Gasteiger partial charge in [-0.2, -0.15) is 8.42 Å². The second-order valence-corrected chi connectivity index (χ2v) is 9.66. The molecule has 3 atom stereocenters. The Labute approximate surface area is 161 Å². The van der Waals surface area contributed by atoms with Crippen LogP contribution in [0.5, 0.6) is 5.75 Å². The fourth-order valence-corrected chi connectivity index (χ4v) is 4.80. The van der Waals surface area contributed by atoms with Crippen molar-refractivity contribution in [1.29, 1.82) is 0 Å². The summed E-state index contributed by atoms with van der Waals surface area (Å²) in [4.78, 5) is 16.0. The molecule has 152 valence electrons. The van der Waals surface area contributed by atoms with Crippen molar-refractivity contribution in [2.45, 2.75) is 58.6 Å². The first-order chi connectivity index (χ1) is 12.5. The third-order valence-corrected chi connectivity index (χ3v) is 5.77. The van der Waals surface area contributed by atoms with Crippen LogP contribution in [0, 0.1) is 11.8 Å². The number of anilines is 1. The number of hydrogen-bond acceptors (Lipinski definition) is 7. The molecule has 9 heteroatoms. The molecular weight excluding hydrogens is 370 g/mol. The van der Waals surface area contributed by atoms with Crippen molar-refractivity contribution in [3.63, 3.8) is 0 Å². The Morgan fingerprint density at radius 1 is 1.37 bits per heavy atom. The molecule has 1 aromatic rings. The summed E-state index contributed by atoms with van der Waals surface area (Å²) < 4.78 is 35.7. The van der Waals surface area contributed by atoms with Gasteiger partial charge in [0.2, 0.25) is 0 Å². The number of aromatic nitrogens is 1. The Kier molecular flexibility index (Phi) is 6.56. The number of nitrogen functional groups attached to an aromatic ring is 1. The maximum atomic E-state index is 12.6. The predicted octanol–water partition coefficient (Wildman–Crippen LogP) is 2.70. The van der Waals surface area contributed by atoms with Crippen molar-refractivity contribution >= 4 is 21.9 Å². The Bertz CT molecular complexity index is 761. The third kappa shape index (κ3) is 6.57. The number of carbonyl (C=O) groups excluding carboxylic acids is 1. The van der Waals surface area contributed by atoms with Crippen molar-refractivity contribution in [2.75, 3.05) is 11.5 Å². The second-order valence-electron chi connectivity index (χ2n) is 8.05. The monoisotopic (exact) mass is 399 g/mol. The van der Waals surface area contributed by atoms with Crippen LogP contribution in [0.3, 0.4) is 0 Å². The molecule has 0 spiro atoms. The van der Waals surface area contributed by atoms with E-state index >= 15 is 0 Å². The van der Waals surface area contributed by atoms with Gasteiger partial charge in [-0.25, -0.2) is 4.79 Å². The lowest BCUT2D eigenvalue weighted by Gasteiger charge is -2.36. The fraction of sp³-hybridized carbons (Fsp3) is 0.667. The summed E-state index contributed by atoms with van der Waals surface area (Å²) in [6.45, 7) is 7.34. The molecule has 0 bridgehead atoms. The number of carbonyl (C=O) groups is 1. The molecule has 1 aliphatic rings. The summed E-state index contributed by atoms with van der Waals surface area (Å²) in [6.07, 6.45) is 4.71. The lowest BCUT2D eigenvalue weighted by molar-refractivity contribution is 0.0456. The van der Waals surface area contributed by atoms with Gasteiger partial charge in [0, 0.05) is 18.3 Å². The molecule has 1 aliphatic carbocycles. The molecule has 3 unspecified atom stereocenters. The van der Waals surface area contributed by atoms with E-state index in [9.17, 15) is 13.2 Å². The Morgan fingerprint density at radius 3 is 2.70 bits per heavy atom. The van der Waals surface area contributed by atoms with Gasteiger partial charge >= 0.3 is 16.2 Å². The number of ether oxygens (including phenoxy) is 1. The molecule has 1 heterocycles. The van der Waals surface area contributed by atoms with Crippen LogP contribution in [-0.4, -0.2) is 36.9 Å². The van der Waals surface area contributed by atoms with Gasteiger partial charge in [-0.15, -0.1) is 0 Å². The number of nitrogens with one attached hydrogen (secondary N) is 1. The van der Waals surface area contributed by atoms with E-state index in [1.807, 2.05) is 6.92 Å². The number of nitrogens with two attached hydrogens (primary N) is 1. The molecule has 8 nitrogen and oxygen atoms in total. The summed E-state index contributed by atoms with van der Waals surface area (Å²) >= 11 is 0. The van der Waals surface area contributed by atoms with Crippen LogP contribution in [0.4, 0.5) is 10.5 Å². The maximum Gasteiger partial charge on any atom is 0.407 e. The summed E-state index contributed by atoms with van der Waals surface area (Å²) in [7, 11) is -3.89. The molecule has 1 fully saturated rings. The van der Waals surface area contributed by atoms with Crippen LogP contribution in [0.15, 0.2) is 18.5 Å². The number of amides is 1. The highest BCUT2D eigenvalue weighted by atomic mass is 32.2. The van der Waals surface area contributed by atoms with E-state index < -0.39 is 21.8 Å². The molecule has 1 amide bonds. The zero-order valence-electron chi connectivity index (χ0n) is 16.3. The first-order valence-electron chi connectivity index (χ1n) is 9.08. The molecule has 3 N–H and O–H groups in total. The predicted molar refractivity (Wildman–Crippen MR) is 103 cm³/mol. The van der Waals surface area contributed by atoms with Crippen LogP contribution in [0.1, 0.15) is 47.0 Å². The lowest BCUT2D eigenvalue weighted by Crippen LogP contribution is -2.49. The van der Waals surface area contributed by atoms with Crippen LogP contribution < -0.4 is 15.2 Å². The van der Waals surface area contributed by atoms with E-state index in [2.05, 4.69) is 10.3 Å². The van der Waals surface area contributed by atoms with E-state index in [0.717, 1.165) is 12.8 Å². The minimum Gasteiger partial charge on any atom is -0.444 e. The molecule has 27 heavy (non-hydrogen) atoms. The van der Waals surface area contributed by atoms with Crippen molar-refractivity contribution in [1.82, 2.24) is 10.3 Å². The van der Waals surface area contributed by atoms with Gasteiger partial charge in [-0.3, -0.25) is 4.98 Å². The topological polar surface area (TPSA) is 121 Å². The fourth-order valence-electron chi connectivity index (χ4n) is 3.28. The minimum absolute atomic E-state index is 0.0603. The smallest absolute Gasteiger partial charge is 0.407 e. The summed E-state index contributed by atoms with van der Waals surface area (Å²) in [5, 5.41) is 2.84. The van der Waals surface area contributed by atoms with Crippen molar-refractivity contribution < 1.29 is 22.1 Å². The average Bonchev–Trinajstić information content (AvgIpc) is 2.51. The molecule has 0 aliphatic heterocycles. The molecule has 0 aromatic carbocycles. The van der Waals surface area contributed by atoms with Crippen molar-refractivity contribution in [3.8, 4) is 5.75 Å². The van der Waals surface area contributed by atoms with Crippen molar-refractivity contribution in [2.24, 2.45) is 11.8 Å². The zero-order chi connectivity index (χ0) is 20.2. The highest BCUT2D eigenvalue weighted by Crippen LogP contribution is 2.32. The van der Waals surface area contributed by atoms with Gasteiger partial charge in [0.25, 0.3) is 0 Å². The number of rotatable bonds is 5. The van der Waals surface area contributed by atoms with Crippen LogP contribution in [-0.2, 0) is 14.9 Å². The lowest BCUT2D eigenvalue weighted by atomic mass is 9.78. The summed E-state index contributed by atoms with van der Waals surface area (Å²) in [5.41, 5.74) is 5.25. The van der Waals surface area contributed by atoms with Crippen LogP contribution >= 0.6 is 0 Å². The highest BCUT2D eigenvalue weighted by Gasteiger charge is 2.36. The van der Waals surface area contributed by atoms with Gasteiger partial charge in [-0.1, -0.05) is 19.8 Å².